The van der Waals surface area contributed by atoms with Gasteiger partial charge in [0.05, 0.1) is 5.69 Å². The quantitative estimate of drug-likeness (QED) is 0.706. The van der Waals surface area contributed by atoms with Crippen LogP contribution in [0.2, 0.25) is 0 Å². The summed E-state index contributed by atoms with van der Waals surface area (Å²) >= 11 is 0. The minimum atomic E-state index is -0.404. The predicted molar refractivity (Wildman–Crippen MR) is 59.4 cm³/mol. The lowest BCUT2D eigenvalue weighted by Crippen LogP contribution is -2.35. The van der Waals surface area contributed by atoms with Crippen LogP contribution >= 0.6 is 0 Å². The van der Waals surface area contributed by atoms with Gasteiger partial charge < -0.3 is 10.1 Å². The molecule has 0 bridgehead atoms. The van der Waals surface area contributed by atoms with Crippen molar-refractivity contribution in [2.24, 2.45) is 0 Å². The number of nitrogens with one attached hydrogen (secondary N) is 1. The molecule has 1 aromatic carbocycles. The smallest absolute Gasteiger partial charge is 0.265 e. The lowest BCUT2D eigenvalue weighted by molar-refractivity contribution is -0.122. The Labute approximate surface area is 89.4 Å². The molecule has 0 aromatic heterocycles. The van der Waals surface area contributed by atoms with Crippen LogP contribution < -0.4 is 10.1 Å². The molecule has 1 heterocycles. The summed E-state index contributed by atoms with van der Waals surface area (Å²) in [6, 6.07) is 2.08. The van der Waals surface area contributed by atoms with E-state index >= 15 is 0 Å². The first-order valence-corrected chi connectivity index (χ1v) is 5.09. The van der Waals surface area contributed by atoms with E-state index in [1.807, 2.05) is 20.8 Å². The molecular formula is C12H15NO2. The summed E-state index contributed by atoms with van der Waals surface area (Å²) in [5.41, 5.74) is 4.15. The molecule has 0 fully saturated rings. The monoisotopic (exact) mass is 205 g/mol. The van der Waals surface area contributed by atoms with Gasteiger partial charge in [-0.25, -0.2) is 0 Å². The number of rotatable bonds is 0. The van der Waals surface area contributed by atoms with Crippen LogP contribution in [0.4, 0.5) is 5.69 Å². The highest BCUT2D eigenvalue weighted by Crippen LogP contribution is 2.37. The van der Waals surface area contributed by atoms with Crippen LogP contribution in [0.15, 0.2) is 6.07 Å². The Morgan fingerprint density at radius 3 is 2.60 bits per heavy atom. The molecule has 1 atom stereocenters. The summed E-state index contributed by atoms with van der Waals surface area (Å²) in [5.74, 6) is 0.737. The van der Waals surface area contributed by atoms with Crippen LogP contribution in [0, 0.1) is 20.8 Å². The van der Waals surface area contributed by atoms with Crippen molar-refractivity contribution in [1.29, 1.82) is 0 Å². The number of hydrogen-bond acceptors (Lipinski definition) is 2. The van der Waals surface area contributed by atoms with Crippen LogP contribution in [-0.2, 0) is 4.79 Å². The number of amides is 1. The highest BCUT2D eigenvalue weighted by Gasteiger charge is 2.26. The van der Waals surface area contributed by atoms with Crippen molar-refractivity contribution in [1.82, 2.24) is 0 Å². The van der Waals surface area contributed by atoms with E-state index in [1.54, 1.807) is 6.92 Å². The molecule has 0 radical (unpaired) electrons. The second-order valence-corrected chi connectivity index (χ2v) is 4.09. The van der Waals surface area contributed by atoms with Gasteiger partial charge >= 0.3 is 0 Å². The fourth-order valence-electron chi connectivity index (χ4n) is 1.82. The molecule has 1 amide bonds. The third kappa shape index (κ3) is 1.48. The summed E-state index contributed by atoms with van der Waals surface area (Å²) in [7, 11) is 0. The predicted octanol–water partition coefficient (Wildman–Crippen LogP) is 2.33. The Bertz CT molecular complexity index is 438. The molecule has 1 N–H and O–H groups in total. The first-order chi connectivity index (χ1) is 7.00. The summed E-state index contributed by atoms with van der Waals surface area (Å²) in [5, 5.41) is 2.90. The van der Waals surface area contributed by atoms with Crippen molar-refractivity contribution in [2.75, 3.05) is 5.32 Å². The first kappa shape index (κ1) is 10.0. The van der Waals surface area contributed by atoms with Crippen molar-refractivity contribution in [2.45, 2.75) is 33.8 Å². The van der Waals surface area contributed by atoms with Gasteiger partial charge in [0.15, 0.2) is 6.10 Å². The topological polar surface area (TPSA) is 38.3 Å². The van der Waals surface area contributed by atoms with Crippen molar-refractivity contribution in [3.8, 4) is 5.75 Å². The Balaban J connectivity index is 2.61. The van der Waals surface area contributed by atoms with Gasteiger partial charge in [0.1, 0.15) is 5.75 Å². The van der Waals surface area contributed by atoms with Crippen LogP contribution in [-0.4, -0.2) is 12.0 Å². The van der Waals surface area contributed by atoms with E-state index < -0.39 is 6.10 Å². The second-order valence-electron chi connectivity index (χ2n) is 4.09. The van der Waals surface area contributed by atoms with Gasteiger partial charge in [0.25, 0.3) is 5.91 Å². The number of anilines is 1. The van der Waals surface area contributed by atoms with Crippen LogP contribution in [0.25, 0.3) is 0 Å². The molecule has 2 rings (SSSR count). The van der Waals surface area contributed by atoms with Gasteiger partial charge in [-0.05, 0) is 44.4 Å². The van der Waals surface area contributed by atoms with Gasteiger partial charge in [-0.1, -0.05) is 6.07 Å². The van der Waals surface area contributed by atoms with E-state index in [1.165, 1.54) is 5.56 Å². The SMILES string of the molecule is Cc1cc(C)c2c(c1C)NC(=O)C(C)O2. The average molecular weight is 205 g/mol. The van der Waals surface area contributed by atoms with E-state index in [4.69, 9.17) is 4.74 Å². The van der Waals surface area contributed by atoms with E-state index in [2.05, 4.69) is 11.4 Å². The maximum absolute atomic E-state index is 11.5. The van der Waals surface area contributed by atoms with Crippen molar-refractivity contribution >= 4 is 11.6 Å². The van der Waals surface area contributed by atoms with Gasteiger partial charge in [-0.2, -0.15) is 0 Å². The second kappa shape index (κ2) is 3.26. The van der Waals surface area contributed by atoms with Gasteiger partial charge in [0, 0.05) is 0 Å². The number of carbonyl (C=O) groups excluding carboxylic acids is 1. The molecule has 1 aromatic rings. The molecule has 80 valence electrons. The molecule has 1 aliphatic heterocycles. The molecule has 0 aliphatic carbocycles. The van der Waals surface area contributed by atoms with Crippen molar-refractivity contribution < 1.29 is 9.53 Å². The minimum absolute atomic E-state index is 0.0735. The summed E-state index contributed by atoms with van der Waals surface area (Å²) in [6.07, 6.45) is -0.404. The van der Waals surface area contributed by atoms with Crippen molar-refractivity contribution in [3.05, 3.63) is 22.8 Å². The van der Waals surface area contributed by atoms with Crippen LogP contribution in [0.1, 0.15) is 23.6 Å². The molecule has 3 nitrogen and oxygen atoms in total. The molecule has 0 saturated heterocycles. The molecule has 0 spiro atoms. The number of aryl methyl sites for hydroxylation is 2. The Kier molecular flexibility index (Phi) is 2.18. The average Bonchev–Trinajstić information content (AvgIpc) is 2.18. The van der Waals surface area contributed by atoms with Gasteiger partial charge in [0.2, 0.25) is 0 Å². The zero-order chi connectivity index (χ0) is 11.2. The molecule has 0 saturated carbocycles. The van der Waals surface area contributed by atoms with Crippen LogP contribution in [0.5, 0.6) is 5.75 Å². The van der Waals surface area contributed by atoms with E-state index in [9.17, 15) is 4.79 Å². The van der Waals surface area contributed by atoms with E-state index in [0.717, 1.165) is 22.6 Å². The highest BCUT2D eigenvalue weighted by molar-refractivity contribution is 5.98. The Hall–Kier alpha value is -1.51. The Morgan fingerprint density at radius 1 is 1.27 bits per heavy atom. The lowest BCUT2D eigenvalue weighted by atomic mass is 10.0. The molecule has 3 heteroatoms. The molecule has 15 heavy (non-hydrogen) atoms. The van der Waals surface area contributed by atoms with Crippen molar-refractivity contribution in [3.63, 3.8) is 0 Å². The minimum Gasteiger partial charge on any atom is -0.478 e. The standard InChI is InChI=1S/C12H15NO2/c1-6-5-7(2)11-10(8(6)3)13-12(14)9(4)15-11/h5,9H,1-4H3,(H,13,14). The number of ether oxygens (including phenoxy) is 1. The number of hydrogen-bond donors (Lipinski definition) is 1. The fraction of sp³-hybridized carbons (Fsp3) is 0.417. The highest BCUT2D eigenvalue weighted by atomic mass is 16.5. The van der Waals surface area contributed by atoms with E-state index in [0.29, 0.717) is 0 Å². The van der Waals surface area contributed by atoms with Gasteiger partial charge in [-0.15, -0.1) is 0 Å². The lowest BCUT2D eigenvalue weighted by Gasteiger charge is -2.27. The number of carbonyl (C=O) groups is 1. The molecule has 1 aliphatic rings. The Morgan fingerprint density at radius 2 is 1.93 bits per heavy atom. The maximum atomic E-state index is 11.5. The number of fused-ring (bicyclic) bond motifs is 1. The third-order valence-electron chi connectivity index (χ3n) is 2.90. The molecule has 1 unspecified atom stereocenters. The van der Waals surface area contributed by atoms with Crippen LogP contribution in [0.3, 0.4) is 0 Å². The largest absolute Gasteiger partial charge is 0.478 e. The zero-order valence-electron chi connectivity index (χ0n) is 9.47. The number of benzene rings is 1. The van der Waals surface area contributed by atoms with Gasteiger partial charge in [-0.3, -0.25) is 4.79 Å². The fourth-order valence-corrected chi connectivity index (χ4v) is 1.82. The third-order valence-corrected chi connectivity index (χ3v) is 2.90. The maximum Gasteiger partial charge on any atom is 0.265 e. The summed E-state index contributed by atoms with van der Waals surface area (Å²) in [4.78, 5) is 11.5. The normalized spacial score (nSPS) is 19.2. The summed E-state index contributed by atoms with van der Waals surface area (Å²) < 4.78 is 5.60. The zero-order valence-corrected chi connectivity index (χ0v) is 9.47. The molecular weight excluding hydrogens is 190 g/mol. The summed E-state index contributed by atoms with van der Waals surface area (Å²) in [6.45, 7) is 7.78. The van der Waals surface area contributed by atoms with E-state index in [-0.39, 0.29) is 5.91 Å². The first-order valence-electron chi connectivity index (χ1n) is 5.09.